The summed E-state index contributed by atoms with van der Waals surface area (Å²) in [4.78, 5) is 10.8. The van der Waals surface area contributed by atoms with Crippen LogP contribution in [0.25, 0.3) is 0 Å². The Morgan fingerprint density at radius 2 is 1.37 bits per heavy atom. The minimum absolute atomic E-state index is 0. The number of carboxylic acid groups (broad SMARTS) is 1. The van der Waals surface area contributed by atoms with Crippen molar-refractivity contribution in [1.29, 1.82) is 0 Å². The molecule has 27 heavy (non-hydrogen) atoms. The number of nitrogens with one attached hydrogen (secondary N) is 1. The van der Waals surface area contributed by atoms with E-state index in [-0.39, 0.29) is 35.1 Å². The molecule has 0 saturated heterocycles. The van der Waals surface area contributed by atoms with E-state index in [1.807, 2.05) is 60.7 Å². The number of aromatic carboxylic acids is 1. The SMILES string of the molecule is O=C([O-])c1ccc(N=NC(=NNc2ccccc2)c2ccccc2)cc1.[Na+]. The standard InChI is InChI=1S/C20H16N4O2.Na/c25-20(26)16-11-13-18(14-12-16)22-24-19(15-7-3-1-4-8-15)23-21-17-9-5-2-6-10-17;/h1-14,21H,(H,25,26);/q;+1/p-1. The summed E-state index contributed by atoms with van der Waals surface area (Å²) < 4.78 is 0. The summed E-state index contributed by atoms with van der Waals surface area (Å²) in [6.07, 6.45) is 0. The van der Waals surface area contributed by atoms with Crippen molar-refractivity contribution in [3.05, 3.63) is 96.1 Å². The average Bonchev–Trinajstić information content (AvgIpc) is 2.70. The summed E-state index contributed by atoms with van der Waals surface area (Å²) >= 11 is 0. The van der Waals surface area contributed by atoms with Gasteiger partial charge in [-0.3, -0.25) is 5.43 Å². The summed E-state index contributed by atoms with van der Waals surface area (Å²) in [6.45, 7) is 0. The fraction of sp³-hybridized carbons (Fsp3) is 0. The Morgan fingerprint density at radius 1 is 0.778 bits per heavy atom. The largest absolute Gasteiger partial charge is 1.00 e. The second-order valence-corrected chi connectivity index (χ2v) is 5.31. The van der Waals surface area contributed by atoms with Crippen molar-refractivity contribution in [2.75, 3.05) is 5.43 Å². The molecule has 7 heteroatoms. The molecule has 0 radical (unpaired) electrons. The van der Waals surface area contributed by atoms with Gasteiger partial charge in [0.05, 0.1) is 17.3 Å². The van der Waals surface area contributed by atoms with Gasteiger partial charge in [-0.15, -0.1) is 10.2 Å². The van der Waals surface area contributed by atoms with Gasteiger partial charge in [0.2, 0.25) is 5.84 Å². The van der Waals surface area contributed by atoms with Crippen LogP contribution in [0.4, 0.5) is 11.4 Å². The summed E-state index contributed by atoms with van der Waals surface area (Å²) in [6, 6.07) is 24.9. The number of azo groups is 1. The zero-order valence-electron chi connectivity index (χ0n) is 14.7. The van der Waals surface area contributed by atoms with E-state index in [1.165, 1.54) is 12.1 Å². The molecule has 0 aliphatic carbocycles. The van der Waals surface area contributed by atoms with Crippen molar-refractivity contribution in [1.82, 2.24) is 0 Å². The van der Waals surface area contributed by atoms with Gasteiger partial charge in [-0.05, 0) is 29.8 Å². The van der Waals surface area contributed by atoms with Crippen LogP contribution >= 0.6 is 0 Å². The minimum atomic E-state index is -1.23. The first-order valence-electron chi connectivity index (χ1n) is 7.90. The quantitative estimate of drug-likeness (QED) is 0.236. The minimum Gasteiger partial charge on any atom is -0.545 e. The maximum atomic E-state index is 10.8. The van der Waals surface area contributed by atoms with Crippen molar-refractivity contribution >= 4 is 23.2 Å². The topological polar surface area (TPSA) is 89.2 Å². The van der Waals surface area contributed by atoms with Gasteiger partial charge < -0.3 is 9.90 Å². The Labute approximate surface area is 179 Å². The number of hydrazone groups is 1. The van der Waals surface area contributed by atoms with Gasteiger partial charge >= 0.3 is 29.6 Å². The third-order valence-corrected chi connectivity index (χ3v) is 3.46. The summed E-state index contributed by atoms with van der Waals surface area (Å²) in [5.74, 6) is -0.828. The molecule has 0 fully saturated rings. The fourth-order valence-corrected chi connectivity index (χ4v) is 2.13. The smallest absolute Gasteiger partial charge is 0.545 e. The molecular formula is C20H15N4NaO2. The van der Waals surface area contributed by atoms with E-state index in [1.54, 1.807) is 12.1 Å². The predicted molar refractivity (Wildman–Crippen MR) is 98.3 cm³/mol. The molecule has 0 amide bonds. The Bertz CT molecular complexity index is 927. The van der Waals surface area contributed by atoms with Crippen LogP contribution in [0.15, 0.2) is 100 Å². The van der Waals surface area contributed by atoms with Crippen LogP contribution in [0.2, 0.25) is 0 Å². The number of amidine groups is 1. The predicted octanol–water partition coefficient (Wildman–Crippen LogP) is 0.612. The van der Waals surface area contributed by atoms with E-state index in [4.69, 9.17) is 0 Å². The third kappa shape index (κ3) is 6.14. The van der Waals surface area contributed by atoms with E-state index in [0.29, 0.717) is 11.5 Å². The number of para-hydroxylation sites is 1. The number of hydrogen-bond donors (Lipinski definition) is 1. The molecule has 0 aliphatic rings. The van der Waals surface area contributed by atoms with Crippen molar-refractivity contribution in [2.45, 2.75) is 0 Å². The number of benzene rings is 3. The maximum Gasteiger partial charge on any atom is 1.00 e. The van der Waals surface area contributed by atoms with E-state index < -0.39 is 5.97 Å². The molecule has 0 heterocycles. The number of carboxylic acids is 1. The molecule has 0 aromatic heterocycles. The summed E-state index contributed by atoms with van der Waals surface area (Å²) in [5.41, 5.74) is 5.18. The maximum absolute atomic E-state index is 10.8. The van der Waals surface area contributed by atoms with Gasteiger partial charge in [-0.2, -0.15) is 5.10 Å². The van der Waals surface area contributed by atoms with Crippen molar-refractivity contribution in [3.8, 4) is 0 Å². The van der Waals surface area contributed by atoms with Crippen molar-refractivity contribution < 1.29 is 39.5 Å². The summed E-state index contributed by atoms with van der Waals surface area (Å²) in [7, 11) is 0. The van der Waals surface area contributed by atoms with Crippen LogP contribution in [0.3, 0.4) is 0 Å². The van der Waals surface area contributed by atoms with Crippen LogP contribution < -0.4 is 40.1 Å². The second kappa shape index (κ2) is 10.4. The van der Waals surface area contributed by atoms with Gasteiger partial charge in [0, 0.05) is 5.56 Å². The zero-order valence-corrected chi connectivity index (χ0v) is 16.7. The fourth-order valence-electron chi connectivity index (χ4n) is 2.13. The molecule has 0 unspecified atom stereocenters. The number of rotatable bonds is 5. The summed E-state index contributed by atoms with van der Waals surface area (Å²) in [5, 5.41) is 23.5. The van der Waals surface area contributed by atoms with Crippen LogP contribution in [0.1, 0.15) is 15.9 Å². The molecule has 3 aromatic carbocycles. The number of hydrogen-bond acceptors (Lipinski definition) is 5. The molecule has 0 aliphatic heterocycles. The number of nitrogens with zero attached hydrogens (tertiary/aromatic N) is 3. The van der Waals surface area contributed by atoms with Crippen LogP contribution in [-0.2, 0) is 0 Å². The van der Waals surface area contributed by atoms with Gasteiger partial charge in [0.1, 0.15) is 0 Å². The van der Waals surface area contributed by atoms with Crippen LogP contribution in [0, 0.1) is 0 Å². The van der Waals surface area contributed by atoms with Gasteiger partial charge in [0.25, 0.3) is 0 Å². The van der Waals surface area contributed by atoms with Crippen molar-refractivity contribution in [3.63, 3.8) is 0 Å². The first-order chi connectivity index (χ1) is 12.7. The number of anilines is 1. The molecule has 6 nitrogen and oxygen atoms in total. The van der Waals surface area contributed by atoms with Crippen molar-refractivity contribution in [2.24, 2.45) is 15.3 Å². The van der Waals surface area contributed by atoms with Crippen LogP contribution in [-0.4, -0.2) is 11.8 Å². The second-order valence-electron chi connectivity index (χ2n) is 5.31. The zero-order chi connectivity index (χ0) is 18.2. The Hall–Kier alpha value is -2.80. The Morgan fingerprint density at radius 3 is 1.96 bits per heavy atom. The molecular weight excluding hydrogens is 351 g/mol. The Balaban J connectivity index is 0.00000261. The molecule has 3 aromatic rings. The van der Waals surface area contributed by atoms with E-state index in [0.717, 1.165) is 11.3 Å². The number of carbonyl (C=O) groups is 1. The van der Waals surface area contributed by atoms with E-state index in [9.17, 15) is 9.90 Å². The molecule has 0 saturated carbocycles. The normalized spacial score (nSPS) is 11.0. The molecule has 0 spiro atoms. The number of carbonyl (C=O) groups excluding carboxylic acids is 1. The van der Waals surface area contributed by atoms with Gasteiger partial charge in [-0.25, -0.2) is 0 Å². The first kappa shape index (κ1) is 20.5. The van der Waals surface area contributed by atoms with Gasteiger partial charge in [0.15, 0.2) is 0 Å². The molecule has 128 valence electrons. The monoisotopic (exact) mass is 366 g/mol. The van der Waals surface area contributed by atoms with Crippen LogP contribution in [0.5, 0.6) is 0 Å². The average molecular weight is 366 g/mol. The van der Waals surface area contributed by atoms with Gasteiger partial charge in [-0.1, -0.05) is 60.7 Å². The van der Waals surface area contributed by atoms with E-state index >= 15 is 0 Å². The first-order valence-corrected chi connectivity index (χ1v) is 7.90. The Kier molecular flexibility index (Phi) is 7.88. The molecule has 0 bridgehead atoms. The molecule has 3 rings (SSSR count). The van der Waals surface area contributed by atoms with E-state index in [2.05, 4.69) is 20.8 Å². The third-order valence-electron chi connectivity index (χ3n) is 3.46. The molecule has 0 atom stereocenters. The molecule has 1 N–H and O–H groups in total.